The second-order valence-corrected chi connectivity index (χ2v) is 27.0. The molecule has 0 heterocycles. The molecule has 5 atom stereocenters. The molecule has 3 aliphatic carbocycles. The van der Waals surface area contributed by atoms with Gasteiger partial charge in [-0.3, -0.25) is 0 Å². The highest BCUT2D eigenvalue weighted by molar-refractivity contribution is 6.74. The smallest absolute Gasteiger partial charge is 0.192 e. The monoisotopic (exact) mass is 600 g/mol. The summed E-state index contributed by atoms with van der Waals surface area (Å²) in [6.45, 7) is 34.2. The molecular formula is C37H68O2Si2. The molecule has 3 rings (SSSR count). The Morgan fingerprint density at radius 3 is 2.22 bits per heavy atom. The van der Waals surface area contributed by atoms with Crippen LogP contribution in [0.1, 0.15) is 126 Å². The minimum atomic E-state index is -1.80. The second-order valence-electron chi connectivity index (χ2n) is 17.5. The van der Waals surface area contributed by atoms with E-state index in [0.29, 0.717) is 10.5 Å². The van der Waals surface area contributed by atoms with Crippen molar-refractivity contribution in [3.63, 3.8) is 0 Å². The van der Waals surface area contributed by atoms with Crippen LogP contribution < -0.4 is 0 Å². The van der Waals surface area contributed by atoms with E-state index in [9.17, 15) is 0 Å². The van der Waals surface area contributed by atoms with E-state index in [1.165, 1.54) is 56.9 Å². The molecule has 0 aromatic heterocycles. The predicted molar refractivity (Wildman–Crippen MR) is 186 cm³/mol. The summed E-state index contributed by atoms with van der Waals surface area (Å²) in [6.07, 6.45) is 19.3. The van der Waals surface area contributed by atoms with Crippen molar-refractivity contribution < 1.29 is 8.85 Å². The zero-order valence-corrected chi connectivity index (χ0v) is 31.5. The number of unbranched alkanes of at least 4 members (excludes halogenated alkanes) is 1. The summed E-state index contributed by atoms with van der Waals surface area (Å²) in [6, 6.07) is 0. The Labute approximate surface area is 258 Å². The predicted octanol–water partition coefficient (Wildman–Crippen LogP) is 12.0. The lowest BCUT2D eigenvalue weighted by atomic mass is 9.60. The first-order valence-corrected chi connectivity index (χ1v) is 23.0. The molecule has 0 radical (unpaired) electrons. The molecule has 4 heteroatoms. The Morgan fingerprint density at radius 1 is 0.927 bits per heavy atom. The van der Waals surface area contributed by atoms with Gasteiger partial charge in [-0.15, -0.1) is 0 Å². The van der Waals surface area contributed by atoms with Gasteiger partial charge in [0.15, 0.2) is 16.6 Å². The molecule has 0 aromatic carbocycles. The highest BCUT2D eigenvalue weighted by Crippen LogP contribution is 2.60. The fraction of sp³-hybridized carbons (Fsp3) is 0.838. The van der Waals surface area contributed by atoms with E-state index in [2.05, 4.69) is 100 Å². The molecule has 236 valence electrons. The molecule has 2 nitrogen and oxygen atoms in total. The van der Waals surface area contributed by atoms with Crippen molar-refractivity contribution in [3.8, 4) is 0 Å². The first kappa shape index (κ1) is 35.1. The Balaban J connectivity index is 1.59. The maximum absolute atomic E-state index is 6.85. The fourth-order valence-electron chi connectivity index (χ4n) is 7.53. The lowest BCUT2D eigenvalue weighted by molar-refractivity contribution is 0.0926. The first-order chi connectivity index (χ1) is 18.8. The number of allylic oxidation sites excluding steroid dienone is 3. The van der Waals surface area contributed by atoms with Gasteiger partial charge in [0.25, 0.3) is 0 Å². The standard InChI is InChI=1S/C37H68O2Si2/c1-28(17-14-15-26-38-40(10,11)35(3,4)5)32-23-24-33-31(18-16-25-37(32,33)9)22-21-30-20-19-29(2)34(27-30)39-41(12,13)36(6,7)8/h21-22,28,32-34H,2,14-20,23-27H2,1,3-13H3/b30-21-,31-22+/t28-,32-,33+,34-,37-/m1/s1. The van der Waals surface area contributed by atoms with E-state index in [0.717, 1.165) is 43.6 Å². The quantitative estimate of drug-likeness (QED) is 0.141. The number of hydrogen-bond donors (Lipinski definition) is 0. The van der Waals surface area contributed by atoms with E-state index in [-0.39, 0.29) is 11.1 Å². The maximum Gasteiger partial charge on any atom is 0.192 e. The summed E-state index contributed by atoms with van der Waals surface area (Å²) >= 11 is 0. The van der Waals surface area contributed by atoms with Crippen LogP contribution in [0.25, 0.3) is 0 Å². The van der Waals surface area contributed by atoms with Crippen molar-refractivity contribution in [1.82, 2.24) is 0 Å². The summed E-state index contributed by atoms with van der Waals surface area (Å²) in [7, 11) is -3.42. The molecule has 0 saturated heterocycles. The van der Waals surface area contributed by atoms with Gasteiger partial charge in [-0.05, 0) is 123 Å². The van der Waals surface area contributed by atoms with Crippen molar-refractivity contribution in [1.29, 1.82) is 0 Å². The third-order valence-corrected chi connectivity index (χ3v) is 21.5. The van der Waals surface area contributed by atoms with Gasteiger partial charge in [-0.2, -0.15) is 0 Å². The van der Waals surface area contributed by atoms with Crippen LogP contribution in [0, 0.1) is 23.2 Å². The van der Waals surface area contributed by atoms with Crippen LogP contribution in [-0.2, 0) is 8.85 Å². The molecule has 0 aliphatic heterocycles. The van der Waals surface area contributed by atoms with Crippen molar-refractivity contribution in [2.45, 2.75) is 168 Å². The van der Waals surface area contributed by atoms with Gasteiger partial charge in [0.2, 0.25) is 0 Å². The van der Waals surface area contributed by atoms with E-state index >= 15 is 0 Å². The summed E-state index contributed by atoms with van der Waals surface area (Å²) in [4.78, 5) is 0. The van der Waals surface area contributed by atoms with E-state index < -0.39 is 16.6 Å². The SMILES string of the molecule is C=C1CC/C(=C/C=C2\CCC[C@]3(C)[C@@H]([C@H](C)CCCCO[Si](C)(C)C(C)(C)C)CC[C@@H]23)C[C@H]1O[Si](C)(C)C(C)(C)C. The molecule has 0 N–H and O–H groups in total. The fourth-order valence-corrected chi connectivity index (χ4v) is 9.93. The van der Waals surface area contributed by atoms with Gasteiger partial charge in [-0.25, -0.2) is 0 Å². The van der Waals surface area contributed by atoms with Crippen LogP contribution in [0.5, 0.6) is 0 Å². The Kier molecular flexibility index (Phi) is 11.4. The lowest BCUT2D eigenvalue weighted by Crippen LogP contribution is -2.45. The van der Waals surface area contributed by atoms with Crippen molar-refractivity contribution >= 4 is 16.6 Å². The van der Waals surface area contributed by atoms with E-state index in [1.807, 2.05) is 0 Å². The lowest BCUT2D eigenvalue weighted by Gasteiger charge is -2.44. The molecule has 3 fully saturated rings. The molecule has 0 aromatic rings. The van der Waals surface area contributed by atoms with Gasteiger partial charge < -0.3 is 8.85 Å². The average Bonchev–Trinajstić information content (AvgIpc) is 3.20. The zero-order chi connectivity index (χ0) is 30.9. The largest absolute Gasteiger partial charge is 0.417 e. The second kappa shape index (κ2) is 13.3. The minimum Gasteiger partial charge on any atom is -0.417 e. The molecule has 0 unspecified atom stereocenters. The zero-order valence-electron chi connectivity index (χ0n) is 29.5. The van der Waals surface area contributed by atoms with Gasteiger partial charge in [0.1, 0.15) is 0 Å². The first-order valence-electron chi connectivity index (χ1n) is 17.2. The van der Waals surface area contributed by atoms with Crippen molar-refractivity contribution in [3.05, 3.63) is 35.5 Å². The van der Waals surface area contributed by atoms with Crippen LogP contribution in [0.2, 0.25) is 36.3 Å². The minimum absolute atomic E-state index is 0.204. The van der Waals surface area contributed by atoms with Gasteiger partial charge in [-0.1, -0.05) is 98.1 Å². The average molecular weight is 601 g/mol. The summed E-state index contributed by atoms with van der Waals surface area (Å²) in [5.41, 5.74) is 5.11. The third-order valence-electron chi connectivity index (χ3n) is 12.5. The van der Waals surface area contributed by atoms with Crippen LogP contribution in [0.4, 0.5) is 0 Å². The normalized spacial score (nSPS) is 31.1. The summed E-state index contributed by atoms with van der Waals surface area (Å²) < 4.78 is 13.3. The highest BCUT2D eigenvalue weighted by Gasteiger charge is 2.50. The number of hydrogen-bond acceptors (Lipinski definition) is 2. The topological polar surface area (TPSA) is 18.5 Å². The maximum atomic E-state index is 6.85. The molecule has 0 bridgehead atoms. The molecule has 41 heavy (non-hydrogen) atoms. The Bertz CT molecular complexity index is 960. The van der Waals surface area contributed by atoms with E-state index in [1.54, 1.807) is 11.1 Å². The van der Waals surface area contributed by atoms with Crippen LogP contribution in [0.3, 0.4) is 0 Å². The van der Waals surface area contributed by atoms with Gasteiger partial charge >= 0.3 is 0 Å². The molecule has 3 saturated carbocycles. The van der Waals surface area contributed by atoms with Gasteiger partial charge in [0, 0.05) is 6.61 Å². The molecular weight excluding hydrogens is 533 g/mol. The van der Waals surface area contributed by atoms with Crippen LogP contribution >= 0.6 is 0 Å². The highest BCUT2D eigenvalue weighted by atomic mass is 28.4. The number of fused-ring (bicyclic) bond motifs is 1. The van der Waals surface area contributed by atoms with Crippen molar-refractivity contribution in [2.24, 2.45) is 23.2 Å². The Morgan fingerprint density at radius 2 is 1.59 bits per heavy atom. The van der Waals surface area contributed by atoms with Gasteiger partial charge in [0.05, 0.1) is 6.10 Å². The van der Waals surface area contributed by atoms with E-state index in [4.69, 9.17) is 8.85 Å². The number of rotatable bonds is 10. The summed E-state index contributed by atoms with van der Waals surface area (Å²) in [5, 5.41) is 0.541. The molecule has 0 amide bonds. The Hall–Kier alpha value is -0.426. The van der Waals surface area contributed by atoms with Crippen molar-refractivity contribution in [2.75, 3.05) is 6.61 Å². The van der Waals surface area contributed by atoms with Crippen LogP contribution in [0.15, 0.2) is 35.5 Å². The molecule has 0 spiro atoms. The third kappa shape index (κ3) is 8.40. The van der Waals surface area contributed by atoms with Crippen LogP contribution in [-0.4, -0.2) is 29.3 Å². The molecule has 3 aliphatic rings. The summed E-state index contributed by atoms with van der Waals surface area (Å²) in [5.74, 6) is 2.46.